The van der Waals surface area contributed by atoms with E-state index in [1.165, 1.54) is 23.9 Å². The van der Waals surface area contributed by atoms with Crippen LogP contribution < -0.4 is 10.6 Å². The quantitative estimate of drug-likeness (QED) is 0.315. The molecule has 0 aliphatic rings. The molecule has 0 radical (unpaired) electrons. The van der Waals surface area contributed by atoms with Gasteiger partial charge in [-0.2, -0.15) is 0 Å². The minimum atomic E-state index is -0.294. The second kappa shape index (κ2) is 10.5. The highest BCUT2D eigenvalue weighted by atomic mass is 35.5. The van der Waals surface area contributed by atoms with Crippen LogP contribution in [0.1, 0.15) is 11.4 Å². The van der Waals surface area contributed by atoms with Crippen molar-refractivity contribution in [1.29, 1.82) is 0 Å². The molecule has 9 heteroatoms. The second-order valence-corrected chi connectivity index (χ2v) is 8.53. The van der Waals surface area contributed by atoms with Crippen LogP contribution in [0, 0.1) is 12.7 Å². The maximum absolute atomic E-state index is 13.2. The Morgan fingerprint density at radius 2 is 1.79 bits per heavy atom. The molecule has 0 spiro atoms. The Labute approximate surface area is 200 Å². The number of nitrogens with one attached hydrogen (secondary N) is 2. The molecule has 4 aromatic rings. The molecule has 33 heavy (non-hydrogen) atoms. The SMILES string of the molecule is Cc1c(Cl)cccc1NC(=O)CSc1nnc(CNc2ccc(F)cc2)n1-c1ccccc1. The number of amides is 1. The third kappa shape index (κ3) is 5.71. The van der Waals surface area contributed by atoms with E-state index in [-0.39, 0.29) is 17.5 Å². The van der Waals surface area contributed by atoms with Crippen LogP contribution in [0.3, 0.4) is 0 Å². The second-order valence-electron chi connectivity index (χ2n) is 7.18. The van der Waals surface area contributed by atoms with Crippen molar-refractivity contribution >= 4 is 40.6 Å². The van der Waals surface area contributed by atoms with Gasteiger partial charge in [0.1, 0.15) is 5.82 Å². The minimum absolute atomic E-state index is 0.155. The number of thioether (sulfide) groups is 1. The molecule has 0 atom stereocenters. The Morgan fingerprint density at radius 1 is 1.03 bits per heavy atom. The van der Waals surface area contributed by atoms with E-state index in [9.17, 15) is 9.18 Å². The van der Waals surface area contributed by atoms with E-state index in [1.54, 1.807) is 24.3 Å². The molecule has 0 aliphatic heterocycles. The van der Waals surface area contributed by atoms with E-state index in [1.807, 2.05) is 47.9 Å². The molecule has 0 bridgehead atoms. The van der Waals surface area contributed by atoms with Crippen LogP contribution in [0.25, 0.3) is 5.69 Å². The van der Waals surface area contributed by atoms with Gasteiger partial charge in [0.15, 0.2) is 11.0 Å². The summed E-state index contributed by atoms with van der Waals surface area (Å²) in [5, 5.41) is 15.9. The first-order valence-corrected chi connectivity index (χ1v) is 11.5. The molecule has 1 amide bonds. The largest absolute Gasteiger partial charge is 0.378 e. The number of anilines is 2. The highest BCUT2D eigenvalue weighted by Gasteiger charge is 2.16. The van der Waals surface area contributed by atoms with Gasteiger partial charge in [0.2, 0.25) is 5.91 Å². The van der Waals surface area contributed by atoms with Crippen LogP contribution in [0.15, 0.2) is 78.0 Å². The number of benzene rings is 3. The predicted octanol–water partition coefficient (Wildman–Crippen LogP) is 5.71. The highest BCUT2D eigenvalue weighted by molar-refractivity contribution is 7.99. The smallest absolute Gasteiger partial charge is 0.234 e. The van der Waals surface area contributed by atoms with Crippen LogP contribution in [0.2, 0.25) is 5.02 Å². The Hall–Kier alpha value is -3.36. The van der Waals surface area contributed by atoms with Crippen LogP contribution in [0.5, 0.6) is 0 Å². The molecule has 3 aromatic carbocycles. The zero-order valence-electron chi connectivity index (χ0n) is 17.8. The van der Waals surface area contributed by atoms with Gasteiger partial charge in [0, 0.05) is 22.1 Å². The monoisotopic (exact) mass is 481 g/mol. The number of rotatable bonds is 8. The zero-order valence-corrected chi connectivity index (χ0v) is 19.3. The lowest BCUT2D eigenvalue weighted by atomic mass is 10.2. The summed E-state index contributed by atoms with van der Waals surface area (Å²) in [5.74, 6) is 0.360. The summed E-state index contributed by atoms with van der Waals surface area (Å²) < 4.78 is 15.1. The molecule has 4 rings (SSSR count). The maximum atomic E-state index is 13.2. The number of nitrogens with zero attached hydrogens (tertiary/aromatic N) is 3. The molecule has 168 valence electrons. The maximum Gasteiger partial charge on any atom is 0.234 e. The first-order chi connectivity index (χ1) is 16.0. The summed E-state index contributed by atoms with van der Waals surface area (Å²) in [5.41, 5.74) is 3.15. The first kappa shape index (κ1) is 22.8. The molecule has 1 aromatic heterocycles. The number of hydrogen-bond acceptors (Lipinski definition) is 5. The van der Waals surface area contributed by atoms with Crippen LogP contribution in [0.4, 0.5) is 15.8 Å². The van der Waals surface area contributed by atoms with Gasteiger partial charge in [0.05, 0.1) is 12.3 Å². The Kier molecular flexibility index (Phi) is 7.26. The number of halogens is 2. The van der Waals surface area contributed by atoms with Gasteiger partial charge in [-0.05, 0) is 61.0 Å². The number of para-hydroxylation sites is 1. The van der Waals surface area contributed by atoms with Crippen molar-refractivity contribution in [1.82, 2.24) is 14.8 Å². The fourth-order valence-corrected chi connectivity index (χ4v) is 4.10. The summed E-state index contributed by atoms with van der Waals surface area (Å²) in [6.45, 7) is 2.24. The molecule has 6 nitrogen and oxygen atoms in total. The van der Waals surface area contributed by atoms with E-state index < -0.39 is 0 Å². The van der Waals surface area contributed by atoms with Gasteiger partial charge in [0.25, 0.3) is 0 Å². The number of aromatic nitrogens is 3. The standard InChI is InChI=1S/C24H21ClFN5OS/c1-16-20(25)8-5-9-21(16)28-23(32)15-33-24-30-29-22(31(24)19-6-3-2-4-7-19)14-27-18-12-10-17(26)11-13-18/h2-13,27H,14-15H2,1H3,(H,28,32). The molecular weight excluding hydrogens is 461 g/mol. The summed E-state index contributed by atoms with van der Waals surface area (Å²) in [6, 6.07) is 21.2. The summed E-state index contributed by atoms with van der Waals surface area (Å²) >= 11 is 7.43. The molecule has 0 aliphatic carbocycles. The van der Waals surface area contributed by atoms with Crippen molar-refractivity contribution in [2.75, 3.05) is 16.4 Å². The normalized spacial score (nSPS) is 10.8. The van der Waals surface area contributed by atoms with Crippen molar-refractivity contribution < 1.29 is 9.18 Å². The van der Waals surface area contributed by atoms with Crippen molar-refractivity contribution in [3.05, 3.63) is 95.0 Å². The van der Waals surface area contributed by atoms with Crippen molar-refractivity contribution in [2.24, 2.45) is 0 Å². The van der Waals surface area contributed by atoms with Gasteiger partial charge in [-0.25, -0.2) is 4.39 Å². The highest BCUT2D eigenvalue weighted by Crippen LogP contribution is 2.25. The molecule has 0 fully saturated rings. The van der Waals surface area contributed by atoms with Crippen LogP contribution >= 0.6 is 23.4 Å². The van der Waals surface area contributed by atoms with Gasteiger partial charge in [-0.15, -0.1) is 10.2 Å². The molecule has 1 heterocycles. The van der Waals surface area contributed by atoms with Crippen molar-refractivity contribution in [3.63, 3.8) is 0 Å². The van der Waals surface area contributed by atoms with Gasteiger partial charge < -0.3 is 10.6 Å². The van der Waals surface area contributed by atoms with E-state index in [4.69, 9.17) is 11.6 Å². The Bertz CT molecular complexity index is 1250. The lowest BCUT2D eigenvalue weighted by Crippen LogP contribution is -2.15. The van der Waals surface area contributed by atoms with Crippen molar-refractivity contribution in [3.8, 4) is 5.69 Å². The fraction of sp³-hybridized carbons (Fsp3) is 0.125. The molecule has 2 N–H and O–H groups in total. The van der Waals surface area contributed by atoms with E-state index in [2.05, 4.69) is 20.8 Å². The fourth-order valence-electron chi connectivity index (χ4n) is 3.15. The number of hydrogen-bond donors (Lipinski definition) is 2. The van der Waals surface area contributed by atoms with Gasteiger partial charge in [-0.1, -0.05) is 47.6 Å². The van der Waals surface area contributed by atoms with Crippen molar-refractivity contribution in [2.45, 2.75) is 18.6 Å². The Balaban J connectivity index is 1.49. The summed E-state index contributed by atoms with van der Waals surface area (Å²) in [4.78, 5) is 12.6. The van der Waals surface area contributed by atoms with Gasteiger partial charge in [-0.3, -0.25) is 9.36 Å². The third-order valence-electron chi connectivity index (χ3n) is 4.88. The van der Waals surface area contributed by atoms with E-state index in [0.29, 0.717) is 28.2 Å². The Morgan fingerprint density at radius 3 is 2.55 bits per heavy atom. The lowest BCUT2D eigenvalue weighted by molar-refractivity contribution is -0.113. The predicted molar refractivity (Wildman–Crippen MR) is 131 cm³/mol. The summed E-state index contributed by atoms with van der Waals surface area (Å²) in [6.07, 6.45) is 0. The summed E-state index contributed by atoms with van der Waals surface area (Å²) in [7, 11) is 0. The number of carbonyl (C=O) groups excluding carboxylic acids is 1. The van der Waals surface area contributed by atoms with Crippen LogP contribution in [-0.4, -0.2) is 26.4 Å². The minimum Gasteiger partial charge on any atom is -0.378 e. The van der Waals surface area contributed by atoms with E-state index in [0.717, 1.165) is 16.9 Å². The third-order valence-corrected chi connectivity index (χ3v) is 6.22. The molecule has 0 saturated heterocycles. The topological polar surface area (TPSA) is 71.8 Å². The first-order valence-electron chi connectivity index (χ1n) is 10.2. The number of carbonyl (C=O) groups is 1. The molecule has 0 saturated carbocycles. The average molecular weight is 482 g/mol. The molecular formula is C24H21ClFN5OS. The van der Waals surface area contributed by atoms with Gasteiger partial charge >= 0.3 is 0 Å². The van der Waals surface area contributed by atoms with Crippen LogP contribution in [-0.2, 0) is 11.3 Å². The zero-order chi connectivity index (χ0) is 23.2. The van der Waals surface area contributed by atoms with E-state index >= 15 is 0 Å². The average Bonchev–Trinajstić information content (AvgIpc) is 3.24. The lowest BCUT2D eigenvalue weighted by Gasteiger charge is -2.12. The molecule has 0 unspecified atom stereocenters.